The maximum absolute atomic E-state index is 7.99. The minimum atomic E-state index is -4.50. The molecule has 43 heavy (non-hydrogen) atoms. The summed E-state index contributed by atoms with van der Waals surface area (Å²) >= 11 is -9.00. The minimum absolute atomic E-state index is 0.449. The molecular formula is C38H34O3Sn2. The molecule has 212 valence electrons. The van der Waals surface area contributed by atoms with Crippen molar-refractivity contribution in [2.75, 3.05) is 0 Å². The number of rotatable bonds is 12. The molecule has 0 aromatic heterocycles. The molecule has 0 bridgehead atoms. The first-order valence-corrected chi connectivity index (χ1v) is 24.9. The van der Waals surface area contributed by atoms with E-state index < -0.39 is 38.4 Å². The van der Waals surface area contributed by atoms with Crippen LogP contribution >= 0.6 is 0 Å². The van der Waals surface area contributed by atoms with E-state index in [4.69, 9.17) is 7.56 Å². The van der Waals surface area contributed by atoms with Crippen LogP contribution in [0.2, 0.25) is 0 Å². The summed E-state index contributed by atoms with van der Waals surface area (Å²) in [4.78, 5) is 0. The van der Waals surface area contributed by atoms with E-state index in [1.165, 1.54) is 0 Å². The van der Waals surface area contributed by atoms with Crippen molar-refractivity contribution in [2.24, 2.45) is 0 Å². The Morgan fingerprint density at radius 1 is 0.302 bits per heavy atom. The third-order valence-electron chi connectivity index (χ3n) is 7.47. The molecule has 0 aliphatic heterocycles. The molecule has 6 aromatic rings. The third-order valence-corrected chi connectivity index (χ3v) is 35.7. The summed E-state index contributed by atoms with van der Waals surface area (Å²) in [6, 6.07) is 63.1. The average molecular weight is 776 g/mol. The Balaban J connectivity index is 1.58. The van der Waals surface area contributed by atoms with Crippen molar-refractivity contribution in [1.29, 1.82) is 0 Å². The summed E-state index contributed by atoms with van der Waals surface area (Å²) in [5.41, 5.74) is 2.23. The van der Waals surface area contributed by atoms with Crippen LogP contribution in [0.5, 0.6) is 0 Å². The average Bonchev–Trinajstić information content (AvgIpc) is 3.11. The van der Waals surface area contributed by atoms with Crippen molar-refractivity contribution >= 4 is 52.7 Å². The third kappa shape index (κ3) is 6.97. The Labute approximate surface area is 264 Å². The van der Waals surface area contributed by atoms with Gasteiger partial charge in [-0.05, 0) is 0 Å². The molecule has 5 heteroatoms. The van der Waals surface area contributed by atoms with E-state index in [-0.39, 0.29) is 0 Å². The van der Waals surface area contributed by atoms with Crippen LogP contribution < -0.4 is 14.3 Å². The summed E-state index contributed by atoms with van der Waals surface area (Å²) in [6.45, 7) is 0.899. The second-order valence-electron chi connectivity index (χ2n) is 10.3. The topological polar surface area (TPSA) is 27.7 Å². The molecule has 3 nitrogen and oxygen atoms in total. The molecule has 0 atom stereocenters. The fourth-order valence-electron chi connectivity index (χ4n) is 5.31. The molecule has 0 fully saturated rings. The van der Waals surface area contributed by atoms with Crippen LogP contribution in [0.15, 0.2) is 182 Å². The fourth-order valence-corrected chi connectivity index (χ4v) is 40.3. The van der Waals surface area contributed by atoms with Crippen molar-refractivity contribution in [1.82, 2.24) is 0 Å². The van der Waals surface area contributed by atoms with Gasteiger partial charge in [0.05, 0.1) is 0 Å². The zero-order valence-electron chi connectivity index (χ0n) is 24.0. The van der Waals surface area contributed by atoms with Gasteiger partial charge >= 0.3 is 267 Å². The Bertz CT molecular complexity index is 1460. The fraction of sp³-hybridized carbons (Fsp3) is 0.0526. The van der Waals surface area contributed by atoms with Crippen LogP contribution in [-0.4, -0.2) is 38.4 Å². The van der Waals surface area contributed by atoms with E-state index in [2.05, 4.69) is 170 Å². The standard InChI is InChI=1S/2C7H7O.4C6H5.O.2Sn/c2*8-6-7-4-2-1-3-5-7;4*1-2-4-6-5-3-1;;;/h2*1-5H,6H2;4*1-5H;;;/q2*-1;;;;;;2*+1. The number of hydrogen-bond donors (Lipinski definition) is 0. The van der Waals surface area contributed by atoms with Gasteiger partial charge in [0.25, 0.3) is 0 Å². The Morgan fingerprint density at radius 3 is 0.791 bits per heavy atom. The molecule has 0 N–H and O–H groups in total. The van der Waals surface area contributed by atoms with Gasteiger partial charge in [0.2, 0.25) is 0 Å². The molecule has 0 unspecified atom stereocenters. The molecule has 0 aliphatic rings. The van der Waals surface area contributed by atoms with Crippen LogP contribution in [0.1, 0.15) is 11.1 Å². The normalized spacial score (nSPS) is 11.7. The van der Waals surface area contributed by atoms with Crippen molar-refractivity contribution in [3.05, 3.63) is 193 Å². The number of hydrogen-bond acceptors (Lipinski definition) is 3. The Hall–Kier alpha value is -3.20. The SMILES string of the molecule is c1ccc(C[O][Sn]([O][Sn]([O]Cc2ccccc2)([c]2ccccc2)[c]2ccccc2)([c]2ccccc2)[c]2ccccc2)cc1. The van der Waals surface area contributed by atoms with E-state index in [0.29, 0.717) is 13.2 Å². The summed E-state index contributed by atoms with van der Waals surface area (Å²) in [5.74, 6) is 0. The first kappa shape index (κ1) is 29.9. The maximum atomic E-state index is 7.99. The molecule has 6 rings (SSSR count). The van der Waals surface area contributed by atoms with Gasteiger partial charge in [0.1, 0.15) is 0 Å². The van der Waals surface area contributed by atoms with Gasteiger partial charge in [-0.1, -0.05) is 0 Å². The van der Waals surface area contributed by atoms with Crippen LogP contribution in [0.3, 0.4) is 0 Å². The van der Waals surface area contributed by atoms with Gasteiger partial charge in [-0.2, -0.15) is 0 Å². The zero-order valence-corrected chi connectivity index (χ0v) is 29.7. The van der Waals surface area contributed by atoms with E-state index in [9.17, 15) is 0 Å². The molecule has 0 radical (unpaired) electrons. The van der Waals surface area contributed by atoms with E-state index in [0.717, 1.165) is 25.4 Å². The van der Waals surface area contributed by atoms with Crippen molar-refractivity contribution < 1.29 is 7.56 Å². The predicted octanol–water partition coefficient (Wildman–Crippen LogP) is 5.95. The summed E-state index contributed by atoms with van der Waals surface area (Å²) < 4.78 is 27.1. The molecule has 0 aliphatic carbocycles. The van der Waals surface area contributed by atoms with Gasteiger partial charge < -0.3 is 0 Å². The van der Waals surface area contributed by atoms with Crippen LogP contribution in [0.4, 0.5) is 0 Å². The van der Waals surface area contributed by atoms with Gasteiger partial charge in [-0.3, -0.25) is 0 Å². The Morgan fingerprint density at radius 2 is 0.535 bits per heavy atom. The van der Waals surface area contributed by atoms with Gasteiger partial charge in [0, 0.05) is 0 Å². The second kappa shape index (κ2) is 14.5. The van der Waals surface area contributed by atoms with Gasteiger partial charge in [0.15, 0.2) is 0 Å². The molecular weight excluding hydrogens is 742 g/mol. The molecule has 6 aromatic carbocycles. The molecule has 0 amide bonds. The van der Waals surface area contributed by atoms with E-state index in [1.54, 1.807) is 0 Å². The van der Waals surface area contributed by atoms with E-state index >= 15 is 0 Å². The molecule has 0 heterocycles. The van der Waals surface area contributed by atoms with Crippen molar-refractivity contribution in [2.45, 2.75) is 13.2 Å². The summed E-state index contributed by atoms with van der Waals surface area (Å²) in [7, 11) is 0. The summed E-state index contributed by atoms with van der Waals surface area (Å²) in [5, 5.41) is 0. The molecule has 0 spiro atoms. The first-order valence-electron chi connectivity index (χ1n) is 14.6. The van der Waals surface area contributed by atoms with Gasteiger partial charge in [-0.25, -0.2) is 0 Å². The summed E-state index contributed by atoms with van der Waals surface area (Å²) in [6.07, 6.45) is 0. The monoisotopic (exact) mass is 778 g/mol. The van der Waals surface area contributed by atoms with Crippen LogP contribution in [-0.2, 0) is 20.8 Å². The molecule has 0 saturated heterocycles. The van der Waals surface area contributed by atoms with Gasteiger partial charge in [-0.15, -0.1) is 0 Å². The van der Waals surface area contributed by atoms with Crippen molar-refractivity contribution in [3.63, 3.8) is 0 Å². The van der Waals surface area contributed by atoms with E-state index in [1.807, 2.05) is 12.1 Å². The second-order valence-corrected chi connectivity index (χ2v) is 30.1. The van der Waals surface area contributed by atoms with Crippen molar-refractivity contribution in [3.8, 4) is 0 Å². The Kier molecular flexibility index (Phi) is 10.1. The predicted molar refractivity (Wildman–Crippen MR) is 179 cm³/mol. The first-order chi connectivity index (χ1) is 21.3. The van der Waals surface area contributed by atoms with Crippen LogP contribution in [0.25, 0.3) is 0 Å². The van der Waals surface area contributed by atoms with Crippen LogP contribution in [0, 0.1) is 0 Å². The number of benzene rings is 6. The zero-order chi connectivity index (χ0) is 29.2. The molecule has 0 saturated carbocycles. The quantitative estimate of drug-likeness (QED) is 0.144.